The van der Waals surface area contributed by atoms with Gasteiger partial charge in [0.1, 0.15) is 6.04 Å². The summed E-state index contributed by atoms with van der Waals surface area (Å²) in [5, 5.41) is 3.64. The lowest BCUT2D eigenvalue weighted by molar-refractivity contribution is -0.140. The second kappa shape index (κ2) is 12.4. The smallest absolute Gasteiger partial charge is 0.243 e. The Hall–Kier alpha value is -3.11. The zero-order chi connectivity index (χ0) is 24.5. The molecule has 0 saturated heterocycles. The highest BCUT2D eigenvalue weighted by Crippen LogP contribution is 2.18. The lowest BCUT2D eigenvalue weighted by atomic mass is 10.0. The van der Waals surface area contributed by atoms with Crippen LogP contribution in [0.5, 0.6) is 0 Å². The van der Waals surface area contributed by atoms with E-state index in [9.17, 15) is 9.59 Å². The molecule has 0 aliphatic rings. The van der Waals surface area contributed by atoms with Gasteiger partial charge in [-0.25, -0.2) is 0 Å². The number of hydrogen-bond donors (Lipinski definition) is 1. The molecule has 0 saturated carbocycles. The number of halogens is 1. The van der Waals surface area contributed by atoms with Crippen molar-refractivity contribution >= 4 is 23.4 Å². The van der Waals surface area contributed by atoms with Gasteiger partial charge in [0.2, 0.25) is 11.8 Å². The first-order chi connectivity index (χ1) is 16.3. The highest BCUT2D eigenvalue weighted by Gasteiger charge is 2.30. The topological polar surface area (TPSA) is 49.4 Å². The average molecular weight is 477 g/mol. The van der Waals surface area contributed by atoms with Gasteiger partial charge >= 0.3 is 0 Å². The second-order valence-corrected chi connectivity index (χ2v) is 9.59. The van der Waals surface area contributed by atoms with Gasteiger partial charge in [-0.3, -0.25) is 9.59 Å². The Balaban J connectivity index is 1.94. The SMILES string of the molecule is Cc1ccc(CN(C(=O)Cc2cccc(Cl)c2)C(Cc2ccccc2)C(=O)NCC(C)C)cc1. The van der Waals surface area contributed by atoms with Gasteiger partial charge in [0.05, 0.1) is 6.42 Å². The molecule has 3 aromatic rings. The molecule has 0 bridgehead atoms. The van der Waals surface area contributed by atoms with Crippen molar-refractivity contribution in [1.29, 1.82) is 0 Å². The van der Waals surface area contributed by atoms with Crippen LogP contribution in [0, 0.1) is 12.8 Å². The van der Waals surface area contributed by atoms with Gasteiger partial charge in [0.15, 0.2) is 0 Å². The summed E-state index contributed by atoms with van der Waals surface area (Å²) >= 11 is 6.15. The Labute approximate surface area is 207 Å². The van der Waals surface area contributed by atoms with Crippen molar-refractivity contribution in [3.63, 3.8) is 0 Å². The van der Waals surface area contributed by atoms with E-state index in [0.29, 0.717) is 30.5 Å². The molecule has 1 unspecified atom stereocenters. The number of benzene rings is 3. The summed E-state index contributed by atoms with van der Waals surface area (Å²) in [7, 11) is 0. The summed E-state index contributed by atoms with van der Waals surface area (Å²) in [6, 6.07) is 24.6. The Bertz CT molecular complexity index is 1080. The van der Waals surface area contributed by atoms with Crippen LogP contribution in [0.4, 0.5) is 0 Å². The van der Waals surface area contributed by atoms with E-state index in [1.54, 1.807) is 17.0 Å². The van der Waals surface area contributed by atoms with Crippen molar-refractivity contribution in [3.05, 3.63) is 106 Å². The molecule has 178 valence electrons. The largest absolute Gasteiger partial charge is 0.354 e. The number of aryl methyl sites for hydroxylation is 1. The van der Waals surface area contributed by atoms with Crippen molar-refractivity contribution in [3.8, 4) is 0 Å². The number of nitrogens with one attached hydrogen (secondary N) is 1. The first-order valence-electron chi connectivity index (χ1n) is 11.7. The fourth-order valence-corrected chi connectivity index (χ4v) is 4.00. The maximum Gasteiger partial charge on any atom is 0.243 e. The van der Waals surface area contributed by atoms with Crippen molar-refractivity contribution < 1.29 is 9.59 Å². The van der Waals surface area contributed by atoms with Crippen molar-refractivity contribution in [2.45, 2.75) is 46.2 Å². The standard InChI is InChI=1S/C29H33ClN2O2/c1-21(2)19-31-29(34)27(17-23-8-5-4-6-9-23)32(20-24-14-12-22(3)13-15-24)28(33)18-25-10-7-11-26(30)16-25/h4-16,21,27H,17-20H2,1-3H3,(H,31,34). The van der Waals surface area contributed by atoms with E-state index in [1.807, 2.05) is 73.7 Å². The van der Waals surface area contributed by atoms with E-state index in [-0.39, 0.29) is 18.2 Å². The molecule has 1 atom stereocenters. The molecular weight excluding hydrogens is 444 g/mol. The quantitative estimate of drug-likeness (QED) is 0.414. The molecule has 3 rings (SSSR count). The predicted octanol–water partition coefficient (Wildman–Crippen LogP) is 5.60. The van der Waals surface area contributed by atoms with Crippen molar-refractivity contribution in [1.82, 2.24) is 10.2 Å². The molecule has 0 aliphatic heterocycles. The molecule has 34 heavy (non-hydrogen) atoms. The van der Waals surface area contributed by atoms with Gasteiger partial charge in [0, 0.05) is 24.5 Å². The molecule has 3 aromatic carbocycles. The molecular formula is C29H33ClN2O2. The normalized spacial score (nSPS) is 11.8. The van der Waals surface area contributed by atoms with E-state index < -0.39 is 6.04 Å². The Kier molecular flexibility index (Phi) is 9.29. The zero-order valence-electron chi connectivity index (χ0n) is 20.1. The van der Waals surface area contributed by atoms with Gasteiger partial charge < -0.3 is 10.2 Å². The average Bonchev–Trinajstić information content (AvgIpc) is 2.81. The van der Waals surface area contributed by atoms with Crippen LogP contribution < -0.4 is 5.32 Å². The molecule has 1 N–H and O–H groups in total. The third-order valence-corrected chi connectivity index (χ3v) is 5.91. The van der Waals surface area contributed by atoms with Crippen LogP contribution in [0.1, 0.15) is 36.1 Å². The minimum absolute atomic E-state index is 0.108. The number of hydrogen-bond acceptors (Lipinski definition) is 2. The van der Waals surface area contributed by atoms with Crippen LogP contribution in [-0.2, 0) is 29.0 Å². The Morgan fingerprint density at radius 2 is 1.56 bits per heavy atom. The lowest BCUT2D eigenvalue weighted by Crippen LogP contribution is -2.51. The Morgan fingerprint density at radius 1 is 0.882 bits per heavy atom. The van der Waals surface area contributed by atoms with Gasteiger partial charge in [-0.2, -0.15) is 0 Å². The molecule has 4 nitrogen and oxygen atoms in total. The first kappa shape index (κ1) is 25.5. The molecule has 0 fully saturated rings. The third-order valence-electron chi connectivity index (χ3n) is 5.67. The minimum atomic E-state index is -0.630. The fourth-order valence-electron chi connectivity index (χ4n) is 3.79. The fraction of sp³-hybridized carbons (Fsp3) is 0.310. The van der Waals surface area contributed by atoms with Crippen LogP contribution in [0.2, 0.25) is 5.02 Å². The number of amides is 2. The van der Waals surface area contributed by atoms with Crippen LogP contribution in [-0.4, -0.2) is 29.3 Å². The van der Waals surface area contributed by atoms with Crippen LogP contribution in [0.3, 0.4) is 0 Å². The van der Waals surface area contributed by atoms with E-state index >= 15 is 0 Å². The maximum atomic E-state index is 13.7. The van der Waals surface area contributed by atoms with Crippen LogP contribution in [0.25, 0.3) is 0 Å². The summed E-state index contributed by atoms with van der Waals surface area (Å²) in [6.45, 7) is 7.06. The number of carbonyl (C=O) groups excluding carboxylic acids is 2. The zero-order valence-corrected chi connectivity index (χ0v) is 20.9. The summed E-state index contributed by atoms with van der Waals surface area (Å²) in [4.78, 5) is 28.8. The van der Waals surface area contributed by atoms with Crippen molar-refractivity contribution in [2.75, 3.05) is 6.54 Å². The molecule has 0 radical (unpaired) electrons. The number of carbonyl (C=O) groups is 2. The monoisotopic (exact) mass is 476 g/mol. The number of rotatable bonds is 10. The second-order valence-electron chi connectivity index (χ2n) is 9.16. The predicted molar refractivity (Wildman–Crippen MR) is 139 cm³/mol. The Morgan fingerprint density at radius 3 is 2.21 bits per heavy atom. The third kappa shape index (κ3) is 7.74. The van der Waals surface area contributed by atoms with Gasteiger partial charge in [-0.05, 0) is 41.7 Å². The van der Waals surface area contributed by atoms with E-state index in [0.717, 1.165) is 22.3 Å². The maximum absolute atomic E-state index is 13.7. The summed E-state index contributed by atoms with van der Waals surface area (Å²) in [6.07, 6.45) is 0.618. The molecule has 0 heterocycles. The lowest BCUT2D eigenvalue weighted by Gasteiger charge is -2.32. The molecule has 0 aliphatic carbocycles. The molecule has 2 amide bonds. The van der Waals surface area contributed by atoms with Gasteiger partial charge in [0.25, 0.3) is 0 Å². The van der Waals surface area contributed by atoms with E-state index in [4.69, 9.17) is 11.6 Å². The van der Waals surface area contributed by atoms with Gasteiger partial charge in [-0.15, -0.1) is 0 Å². The van der Waals surface area contributed by atoms with Gasteiger partial charge in [-0.1, -0.05) is 97.7 Å². The summed E-state index contributed by atoms with van der Waals surface area (Å²) in [5.74, 6) is 0.0709. The highest BCUT2D eigenvalue weighted by molar-refractivity contribution is 6.30. The molecule has 0 spiro atoms. The summed E-state index contributed by atoms with van der Waals surface area (Å²) < 4.78 is 0. The molecule has 0 aromatic heterocycles. The molecule has 5 heteroatoms. The van der Waals surface area contributed by atoms with Crippen LogP contribution >= 0.6 is 11.6 Å². The first-order valence-corrected chi connectivity index (χ1v) is 12.1. The van der Waals surface area contributed by atoms with Crippen molar-refractivity contribution in [2.24, 2.45) is 5.92 Å². The minimum Gasteiger partial charge on any atom is -0.354 e. The highest BCUT2D eigenvalue weighted by atomic mass is 35.5. The van der Waals surface area contributed by atoms with E-state index in [1.165, 1.54) is 0 Å². The van der Waals surface area contributed by atoms with E-state index in [2.05, 4.69) is 19.2 Å². The number of nitrogens with zero attached hydrogens (tertiary/aromatic N) is 1. The summed E-state index contributed by atoms with van der Waals surface area (Å²) in [5.41, 5.74) is 3.97. The van der Waals surface area contributed by atoms with Crippen LogP contribution in [0.15, 0.2) is 78.9 Å².